The van der Waals surface area contributed by atoms with Crippen molar-refractivity contribution in [3.8, 4) is 0 Å². The maximum atomic E-state index is 3.54. The zero-order valence-corrected chi connectivity index (χ0v) is 15.0. The summed E-state index contributed by atoms with van der Waals surface area (Å²) in [7, 11) is 0. The van der Waals surface area contributed by atoms with E-state index in [-0.39, 0.29) is 5.54 Å². The Bertz CT molecular complexity index is 567. The van der Waals surface area contributed by atoms with Crippen molar-refractivity contribution in [2.45, 2.75) is 56.8 Å². The lowest BCUT2D eigenvalue weighted by atomic mass is 10.1. The van der Waals surface area contributed by atoms with Gasteiger partial charge in [0.15, 0.2) is 0 Å². The van der Waals surface area contributed by atoms with E-state index >= 15 is 0 Å². The maximum Gasteiger partial charge on any atom is 0.0326 e. The molecule has 1 N–H and O–H groups in total. The van der Waals surface area contributed by atoms with E-state index in [9.17, 15) is 0 Å². The molecule has 2 rings (SSSR count). The molecule has 0 aliphatic heterocycles. The van der Waals surface area contributed by atoms with Gasteiger partial charge >= 0.3 is 0 Å². The Morgan fingerprint density at radius 2 is 1.86 bits per heavy atom. The van der Waals surface area contributed by atoms with Crippen molar-refractivity contribution in [1.29, 1.82) is 0 Å². The van der Waals surface area contributed by atoms with Crippen LogP contribution in [0.5, 0.6) is 0 Å². The van der Waals surface area contributed by atoms with Gasteiger partial charge in [-0.25, -0.2) is 0 Å². The molecule has 0 fully saturated rings. The van der Waals surface area contributed by atoms with Gasteiger partial charge in [-0.05, 0) is 57.0 Å². The molecule has 0 spiro atoms. The van der Waals surface area contributed by atoms with Crippen LogP contribution in [0.15, 0.2) is 41.3 Å². The number of nitrogens with one attached hydrogen (secondary N) is 1. The minimum absolute atomic E-state index is 0.163. The van der Waals surface area contributed by atoms with Crippen LogP contribution in [0.4, 0.5) is 0 Å². The second kappa shape index (κ2) is 7.48. The molecule has 114 valence electrons. The van der Waals surface area contributed by atoms with Crippen LogP contribution in [-0.2, 0) is 18.7 Å². The Hall–Kier alpha value is -0.770. The minimum Gasteiger partial charge on any atom is -0.308 e. The van der Waals surface area contributed by atoms with Crippen molar-refractivity contribution in [2.24, 2.45) is 0 Å². The summed E-state index contributed by atoms with van der Waals surface area (Å²) in [5.41, 5.74) is 1.52. The highest BCUT2D eigenvalue weighted by Crippen LogP contribution is 2.27. The predicted octanol–water partition coefficient (Wildman–Crippen LogP) is 5.49. The number of hydrogen-bond acceptors (Lipinski definition) is 3. The highest BCUT2D eigenvalue weighted by atomic mass is 32.2. The zero-order chi connectivity index (χ0) is 15.3. The SMILES string of the molecule is CCc1ccc(CSc2cccc(CNC(C)(C)C)c2)s1. The molecule has 3 heteroatoms. The van der Waals surface area contributed by atoms with Crippen LogP contribution in [0.25, 0.3) is 0 Å². The topological polar surface area (TPSA) is 12.0 Å². The Labute approximate surface area is 137 Å². The molecule has 1 heterocycles. The summed E-state index contributed by atoms with van der Waals surface area (Å²) in [5, 5.41) is 3.54. The molecule has 0 radical (unpaired) electrons. The number of aryl methyl sites for hydroxylation is 1. The Morgan fingerprint density at radius 1 is 1.10 bits per heavy atom. The Kier molecular flexibility index (Phi) is 5.91. The lowest BCUT2D eigenvalue weighted by molar-refractivity contribution is 0.424. The van der Waals surface area contributed by atoms with Gasteiger partial charge in [0.1, 0.15) is 0 Å². The van der Waals surface area contributed by atoms with Crippen LogP contribution in [0.1, 0.15) is 43.0 Å². The lowest BCUT2D eigenvalue weighted by Crippen LogP contribution is -2.35. The average Bonchev–Trinajstić information content (AvgIpc) is 2.91. The molecular weight excluding hydrogens is 294 g/mol. The largest absolute Gasteiger partial charge is 0.308 e. The summed E-state index contributed by atoms with van der Waals surface area (Å²) < 4.78 is 0. The van der Waals surface area contributed by atoms with Crippen LogP contribution in [0, 0.1) is 0 Å². The molecule has 21 heavy (non-hydrogen) atoms. The first-order chi connectivity index (χ1) is 9.96. The number of thioether (sulfide) groups is 1. The van der Waals surface area contributed by atoms with Crippen molar-refractivity contribution in [3.05, 3.63) is 51.7 Å². The fourth-order valence-electron chi connectivity index (χ4n) is 1.96. The second-order valence-corrected chi connectivity index (χ2v) is 8.56. The van der Waals surface area contributed by atoms with E-state index < -0.39 is 0 Å². The average molecular weight is 320 g/mol. The number of hydrogen-bond donors (Lipinski definition) is 1. The smallest absolute Gasteiger partial charge is 0.0326 e. The summed E-state index contributed by atoms with van der Waals surface area (Å²) >= 11 is 3.86. The fourth-order valence-corrected chi connectivity index (χ4v) is 3.94. The predicted molar refractivity (Wildman–Crippen MR) is 96.3 cm³/mol. The van der Waals surface area contributed by atoms with Crippen LogP contribution in [-0.4, -0.2) is 5.54 Å². The monoisotopic (exact) mass is 319 g/mol. The molecule has 1 nitrogen and oxygen atoms in total. The first-order valence-electron chi connectivity index (χ1n) is 7.50. The third-order valence-corrected chi connectivity index (χ3v) is 5.62. The van der Waals surface area contributed by atoms with E-state index in [4.69, 9.17) is 0 Å². The quantitative estimate of drug-likeness (QED) is 0.706. The number of rotatable bonds is 6. The standard InChI is InChI=1S/C18H25NS2/c1-5-15-9-10-17(21-15)13-20-16-8-6-7-14(11-16)12-19-18(2,3)4/h6-11,19H,5,12-13H2,1-4H3. The van der Waals surface area contributed by atoms with Gasteiger partial charge in [0.05, 0.1) is 0 Å². The van der Waals surface area contributed by atoms with Crippen LogP contribution < -0.4 is 5.32 Å². The maximum absolute atomic E-state index is 3.54. The van der Waals surface area contributed by atoms with Crippen LogP contribution in [0.2, 0.25) is 0 Å². The van der Waals surface area contributed by atoms with Gasteiger partial charge in [-0.3, -0.25) is 0 Å². The summed E-state index contributed by atoms with van der Waals surface area (Å²) in [6.07, 6.45) is 1.14. The van der Waals surface area contributed by atoms with E-state index in [0.29, 0.717) is 0 Å². The summed E-state index contributed by atoms with van der Waals surface area (Å²) in [6.45, 7) is 9.75. The second-order valence-electron chi connectivity index (χ2n) is 6.26. The molecule has 0 aliphatic carbocycles. The molecule has 0 saturated heterocycles. The van der Waals surface area contributed by atoms with Crippen LogP contribution >= 0.6 is 23.1 Å². The lowest BCUT2D eigenvalue weighted by Gasteiger charge is -2.20. The van der Waals surface area contributed by atoms with Gasteiger partial charge < -0.3 is 5.32 Å². The first-order valence-corrected chi connectivity index (χ1v) is 9.31. The van der Waals surface area contributed by atoms with E-state index in [1.165, 1.54) is 20.2 Å². The molecular formula is C18H25NS2. The molecule has 0 saturated carbocycles. The normalized spacial score (nSPS) is 11.8. The molecule has 0 aliphatic rings. The molecule has 1 aromatic heterocycles. The molecule has 2 aromatic rings. The van der Waals surface area contributed by atoms with E-state index in [1.54, 1.807) is 0 Å². The Balaban J connectivity index is 1.91. The van der Waals surface area contributed by atoms with Gasteiger partial charge in [-0.15, -0.1) is 23.1 Å². The van der Waals surface area contributed by atoms with Gasteiger partial charge in [-0.1, -0.05) is 19.1 Å². The van der Waals surface area contributed by atoms with Crippen molar-refractivity contribution >= 4 is 23.1 Å². The number of thiophene rings is 1. The highest BCUT2D eigenvalue weighted by molar-refractivity contribution is 7.98. The van der Waals surface area contributed by atoms with Gasteiger partial charge in [-0.2, -0.15) is 0 Å². The van der Waals surface area contributed by atoms with E-state index in [0.717, 1.165) is 18.7 Å². The van der Waals surface area contributed by atoms with Crippen LogP contribution in [0.3, 0.4) is 0 Å². The summed E-state index contributed by atoms with van der Waals surface area (Å²) in [5.74, 6) is 1.07. The number of benzene rings is 1. The third kappa shape index (κ3) is 5.85. The van der Waals surface area contributed by atoms with Gasteiger partial charge in [0.2, 0.25) is 0 Å². The van der Waals surface area contributed by atoms with Crippen molar-refractivity contribution in [1.82, 2.24) is 5.32 Å². The Morgan fingerprint density at radius 3 is 2.52 bits per heavy atom. The van der Waals surface area contributed by atoms with Crippen molar-refractivity contribution in [2.75, 3.05) is 0 Å². The third-order valence-electron chi connectivity index (χ3n) is 3.17. The molecule has 0 atom stereocenters. The van der Waals surface area contributed by atoms with E-state index in [2.05, 4.69) is 69.4 Å². The fraction of sp³-hybridized carbons (Fsp3) is 0.444. The van der Waals surface area contributed by atoms with Gasteiger partial charge in [0, 0.05) is 32.5 Å². The summed E-state index contributed by atoms with van der Waals surface area (Å²) in [6, 6.07) is 13.4. The van der Waals surface area contributed by atoms with Crippen molar-refractivity contribution < 1.29 is 0 Å². The summed E-state index contributed by atoms with van der Waals surface area (Å²) in [4.78, 5) is 4.30. The molecule has 0 bridgehead atoms. The molecule has 0 amide bonds. The van der Waals surface area contributed by atoms with Crippen molar-refractivity contribution in [3.63, 3.8) is 0 Å². The molecule has 0 unspecified atom stereocenters. The van der Waals surface area contributed by atoms with Gasteiger partial charge in [0.25, 0.3) is 0 Å². The molecule has 1 aromatic carbocycles. The zero-order valence-electron chi connectivity index (χ0n) is 13.4. The first kappa shape index (κ1) is 16.6. The minimum atomic E-state index is 0.163. The van der Waals surface area contributed by atoms with E-state index in [1.807, 2.05) is 23.1 Å². The highest BCUT2D eigenvalue weighted by Gasteiger charge is 2.08.